The van der Waals surface area contributed by atoms with E-state index in [1.54, 1.807) is 13.0 Å². The van der Waals surface area contributed by atoms with Gasteiger partial charge < -0.3 is 15.5 Å². The maximum atomic E-state index is 11.6. The van der Waals surface area contributed by atoms with Crippen molar-refractivity contribution >= 4 is 11.7 Å². The van der Waals surface area contributed by atoms with Crippen LogP contribution in [-0.2, 0) is 16.0 Å². The molecule has 18 heavy (non-hydrogen) atoms. The summed E-state index contributed by atoms with van der Waals surface area (Å²) in [5.41, 5.74) is 0.746. The van der Waals surface area contributed by atoms with Crippen LogP contribution in [0.2, 0.25) is 0 Å². The number of phenols is 2. The molecule has 1 aromatic carbocycles. The SMILES string of the molecule is CC(=O)CNC(=O)[C@@H](C)Cc1ccc(O)c(O)c1. The van der Waals surface area contributed by atoms with Crippen molar-refractivity contribution in [2.75, 3.05) is 6.54 Å². The van der Waals surface area contributed by atoms with Gasteiger partial charge in [0, 0.05) is 5.92 Å². The largest absolute Gasteiger partial charge is 0.504 e. The molecular weight excluding hydrogens is 234 g/mol. The minimum absolute atomic E-state index is 0.0317. The number of amides is 1. The van der Waals surface area contributed by atoms with Crippen LogP contribution in [0.5, 0.6) is 11.5 Å². The summed E-state index contributed by atoms with van der Waals surface area (Å²) < 4.78 is 0. The Morgan fingerprint density at radius 1 is 1.28 bits per heavy atom. The molecule has 1 amide bonds. The summed E-state index contributed by atoms with van der Waals surface area (Å²) >= 11 is 0. The molecule has 98 valence electrons. The molecular formula is C13H17NO4. The molecule has 0 heterocycles. The average Bonchev–Trinajstić information content (AvgIpc) is 2.30. The van der Waals surface area contributed by atoms with E-state index in [4.69, 9.17) is 5.11 Å². The molecule has 0 saturated carbocycles. The molecule has 1 rings (SSSR count). The summed E-state index contributed by atoms with van der Waals surface area (Å²) in [6, 6.07) is 4.44. The Morgan fingerprint density at radius 3 is 2.50 bits per heavy atom. The first-order valence-electron chi connectivity index (χ1n) is 5.68. The maximum Gasteiger partial charge on any atom is 0.223 e. The highest BCUT2D eigenvalue weighted by atomic mass is 16.3. The second-order valence-electron chi connectivity index (χ2n) is 4.35. The molecule has 1 atom stereocenters. The molecule has 0 saturated heterocycles. The van der Waals surface area contributed by atoms with Gasteiger partial charge in [0.2, 0.25) is 5.91 Å². The third kappa shape index (κ3) is 4.08. The number of phenolic OH excluding ortho intramolecular Hbond substituents is 2. The topological polar surface area (TPSA) is 86.6 Å². The third-order valence-electron chi connectivity index (χ3n) is 2.54. The lowest BCUT2D eigenvalue weighted by Crippen LogP contribution is -2.33. The Balaban J connectivity index is 2.58. The Labute approximate surface area is 105 Å². The molecule has 0 radical (unpaired) electrons. The van der Waals surface area contributed by atoms with Crippen LogP contribution < -0.4 is 5.32 Å². The number of rotatable bonds is 5. The molecule has 3 N–H and O–H groups in total. The van der Waals surface area contributed by atoms with E-state index in [2.05, 4.69) is 5.32 Å². The Morgan fingerprint density at radius 2 is 1.94 bits per heavy atom. The van der Waals surface area contributed by atoms with E-state index in [0.717, 1.165) is 5.56 Å². The highest BCUT2D eigenvalue weighted by molar-refractivity contribution is 5.85. The van der Waals surface area contributed by atoms with Crippen LogP contribution in [0, 0.1) is 5.92 Å². The van der Waals surface area contributed by atoms with Crippen LogP contribution in [0.3, 0.4) is 0 Å². The number of hydrogen-bond acceptors (Lipinski definition) is 4. The summed E-state index contributed by atoms with van der Waals surface area (Å²) in [4.78, 5) is 22.4. The van der Waals surface area contributed by atoms with Crippen LogP contribution in [-0.4, -0.2) is 28.4 Å². The number of nitrogens with one attached hydrogen (secondary N) is 1. The van der Waals surface area contributed by atoms with Gasteiger partial charge in [0.25, 0.3) is 0 Å². The predicted molar refractivity (Wildman–Crippen MR) is 66.3 cm³/mol. The molecule has 0 aliphatic heterocycles. The van der Waals surface area contributed by atoms with Gasteiger partial charge in [-0.1, -0.05) is 13.0 Å². The second-order valence-corrected chi connectivity index (χ2v) is 4.35. The number of ketones is 1. The smallest absolute Gasteiger partial charge is 0.223 e. The molecule has 0 spiro atoms. The quantitative estimate of drug-likeness (QED) is 0.681. The summed E-state index contributed by atoms with van der Waals surface area (Å²) in [6.45, 7) is 3.17. The van der Waals surface area contributed by atoms with Crippen molar-refractivity contribution in [2.24, 2.45) is 5.92 Å². The lowest BCUT2D eigenvalue weighted by molar-refractivity contribution is -0.127. The molecule has 0 aromatic heterocycles. The van der Waals surface area contributed by atoms with Crippen LogP contribution in [0.4, 0.5) is 0 Å². The molecule has 0 aliphatic carbocycles. The fourth-order valence-corrected chi connectivity index (χ4v) is 1.53. The molecule has 0 fully saturated rings. The van der Waals surface area contributed by atoms with Crippen LogP contribution in [0.25, 0.3) is 0 Å². The monoisotopic (exact) mass is 251 g/mol. The van der Waals surface area contributed by atoms with Crippen molar-refractivity contribution in [1.29, 1.82) is 0 Å². The first-order valence-corrected chi connectivity index (χ1v) is 5.68. The van der Waals surface area contributed by atoms with Gasteiger partial charge in [0.1, 0.15) is 5.78 Å². The highest BCUT2D eigenvalue weighted by Crippen LogP contribution is 2.25. The zero-order valence-corrected chi connectivity index (χ0v) is 10.4. The van der Waals surface area contributed by atoms with Crippen LogP contribution >= 0.6 is 0 Å². The lowest BCUT2D eigenvalue weighted by atomic mass is 10.00. The van der Waals surface area contributed by atoms with Gasteiger partial charge in [-0.3, -0.25) is 9.59 Å². The average molecular weight is 251 g/mol. The van der Waals surface area contributed by atoms with Crippen molar-refractivity contribution in [3.05, 3.63) is 23.8 Å². The number of carbonyl (C=O) groups excluding carboxylic acids is 2. The minimum atomic E-state index is -0.312. The van der Waals surface area contributed by atoms with Crippen LogP contribution in [0.15, 0.2) is 18.2 Å². The first kappa shape index (κ1) is 14.0. The zero-order valence-electron chi connectivity index (χ0n) is 10.4. The zero-order chi connectivity index (χ0) is 13.7. The van der Waals surface area contributed by atoms with Crippen molar-refractivity contribution < 1.29 is 19.8 Å². The molecule has 1 aromatic rings. The van der Waals surface area contributed by atoms with E-state index >= 15 is 0 Å². The summed E-state index contributed by atoms with van der Waals surface area (Å²) in [5.74, 6) is -1.01. The van der Waals surface area contributed by atoms with E-state index in [9.17, 15) is 14.7 Å². The van der Waals surface area contributed by atoms with Crippen LogP contribution in [0.1, 0.15) is 19.4 Å². The minimum Gasteiger partial charge on any atom is -0.504 e. The standard InChI is InChI=1S/C13H17NO4/c1-8(13(18)14-7-9(2)15)5-10-3-4-11(16)12(17)6-10/h3-4,6,8,16-17H,5,7H2,1-2H3,(H,14,18)/t8-/m0/s1. The van der Waals surface area contributed by atoms with Gasteiger partial charge in [-0.25, -0.2) is 0 Å². The summed E-state index contributed by atoms with van der Waals surface area (Å²) in [5, 5.41) is 21.0. The van der Waals surface area contributed by atoms with Gasteiger partial charge >= 0.3 is 0 Å². The van der Waals surface area contributed by atoms with Gasteiger partial charge in [0.15, 0.2) is 11.5 Å². The Bertz CT molecular complexity index is 456. The molecule has 0 aliphatic rings. The number of aromatic hydroxyl groups is 2. The molecule has 0 unspecified atom stereocenters. The fraction of sp³-hybridized carbons (Fsp3) is 0.385. The number of carbonyl (C=O) groups is 2. The van der Waals surface area contributed by atoms with Gasteiger partial charge in [0.05, 0.1) is 6.54 Å². The van der Waals surface area contributed by atoms with E-state index in [0.29, 0.717) is 6.42 Å². The highest BCUT2D eigenvalue weighted by Gasteiger charge is 2.14. The second kappa shape index (κ2) is 6.05. The Hall–Kier alpha value is -2.04. The van der Waals surface area contributed by atoms with Gasteiger partial charge in [-0.2, -0.15) is 0 Å². The van der Waals surface area contributed by atoms with E-state index in [1.807, 2.05) is 0 Å². The van der Waals surface area contributed by atoms with Crippen molar-refractivity contribution in [1.82, 2.24) is 5.32 Å². The lowest BCUT2D eigenvalue weighted by Gasteiger charge is -2.11. The molecule has 0 bridgehead atoms. The molecule has 5 nitrogen and oxygen atoms in total. The molecule has 5 heteroatoms. The van der Waals surface area contributed by atoms with Crippen molar-refractivity contribution in [3.8, 4) is 11.5 Å². The van der Waals surface area contributed by atoms with Crippen molar-refractivity contribution in [2.45, 2.75) is 20.3 Å². The maximum absolute atomic E-state index is 11.6. The number of benzene rings is 1. The third-order valence-corrected chi connectivity index (χ3v) is 2.54. The van der Waals surface area contributed by atoms with Crippen molar-refractivity contribution in [3.63, 3.8) is 0 Å². The van der Waals surface area contributed by atoms with E-state index < -0.39 is 0 Å². The Kier molecular flexibility index (Phi) is 4.71. The normalized spacial score (nSPS) is 11.9. The van der Waals surface area contributed by atoms with E-state index in [-0.39, 0.29) is 35.7 Å². The summed E-state index contributed by atoms with van der Waals surface area (Å²) in [6.07, 6.45) is 0.428. The summed E-state index contributed by atoms with van der Waals surface area (Å²) in [7, 11) is 0. The first-order chi connectivity index (χ1) is 8.40. The fourth-order valence-electron chi connectivity index (χ4n) is 1.53. The van der Waals surface area contributed by atoms with E-state index in [1.165, 1.54) is 19.1 Å². The number of Topliss-reactive ketones (excluding diaryl/α,β-unsaturated/α-hetero) is 1. The van der Waals surface area contributed by atoms with Gasteiger partial charge in [-0.15, -0.1) is 0 Å². The number of hydrogen-bond donors (Lipinski definition) is 3. The predicted octanol–water partition coefficient (Wildman–Crippen LogP) is 0.982. The van der Waals surface area contributed by atoms with Gasteiger partial charge in [-0.05, 0) is 31.0 Å².